The van der Waals surface area contributed by atoms with Crippen LogP contribution in [0.5, 0.6) is 0 Å². The molecule has 0 radical (unpaired) electrons. The highest BCUT2D eigenvalue weighted by Crippen LogP contribution is 2.36. The third-order valence-corrected chi connectivity index (χ3v) is 3.86. The third-order valence-electron chi connectivity index (χ3n) is 2.53. The highest BCUT2D eigenvalue weighted by molar-refractivity contribution is 9.09. The molecule has 0 saturated carbocycles. The smallest absolute Gasteiger partial charge is 0.0995 e. The van der Waals surface area contributed by atoms with Gasteiger partial charge in [-0.2, -0.15) is 5.26 Å². The number of nitriles is 1. The quantitative estimate of drug-likeness (QED) is 0.738. The minimum Gasteiger partial charge on any atom is -0.192 e. The summed E-state index contributed by atoms with van der Waals surface area (Å²) in [5, 5.41) is 9.78. The second-order valence-corrected chi connectivity index (χ2v) is 4.91. The lowest BCUT2D eigenvalue weighted by atomic mass is 10.0. The van der Waals surface area contributed by atoms with Crippen molar-refractivity contribution in [3.63, 3.8) is 0 Å². The van der Waals surface area contributed by atoms with Gasteiger partial charge in [0.05, 0.1) is 16.5 Å². The Morgan fingerprint density at radius 1 is 1.00 bits per heavy atom. The topological polar surface area (TPSA) is 23.8 Å². The molecule has 0 N–H and O–H groups in total. The molecule has 1 atom stereocenters. The molecule has 2 aromatic rings. The summed E-state index contributed by atoms with van der Waals surface area (Å²) < 4.78 is 0. The van der Waals surface area contributed by atoms with Crippen LogP contribution in [0.2, 0.25) is 5.02 Å². The van der Waals surface area contributed by atoms with Crippen LogP contribution in [0.4, 0.5) is 0 Å². The predicted octanol–water partition coefficient (Wildman–Crippen LogP) is 4.70. The summed E-state index contributed by atoms with van der Waals surface area (Å²) in [5.74, 6) is 0. The summed E-state index contributed by atoms with van der Waals surface area (Å²) in [6.45, 7) is 0. The van der Waals surface area contributed by atoms with Crippen LogP contribution in [0, 0.1) is 11.3 Å². The van der Waals surface area contributed by atoms with Gasteiger partial charge in [-0.25, -0.2) is 0 Å². The van der Waals surface area contributed by atoms with Crippen molar-refractivity contribution in [1.29, 1.82) is 5.26 Å². The maximum absolute atomic E-state index is 9.08. The molecular formula is C14H9BrClN. The fourth-order valence-electron chi connectivity index (χ4n) is 1.67. The lowest BCUT2D eigenvalue weighted by Crippen LogP contribution is -1.96. The van der Waals surface area contributed by atoms with Gasteiger partial charge in [0.15, 0.2) is 0 Å². The highest BCUT2D eigenvalue weighted by Gasteiger charge is 2.16. The van der Waals surface area contributed by atoms with Gasteiger partial charge < -0.3 is 0 Å². The number of benzene rings is 2. The Balaban J connectivity index is 2.48. The number of halogens is 2. The van der Waals surface area contributed by atoms with Crippen LogP contribution < -0.4 is 0 Å². The van der Waals surface area contributed by atoms with Crippen LogP contribution in [0.3, 0.4) is 0 Å². The number of hydrogen-bond donors (Lipinski definition) is 0. The maximum Gasteiger partial charge on any atom is 0.0995 e. The first-order chi connectivity index (χ1) is 8.24. The monoisotopic (exact) mass is 305 g/mol. The van der Waals surface area contributed by atoms with Gasteiger partial charge >= 0.3 is 0 Å². The van der Waals surface area contributed by atoms with Gasteiger partial charge in [-0.15, -0.1) is 0 Å². The van der Waals surface area contributed by atoms with E-state index < -0.39 is 0 Å². The van der Waals surface area contributed by atoms with Crippen molar-refractivity contribution in [3.8, 4) is 6.07 Å². The Morgan fingerprint density at radius 3 is 2.24 bits per heavy atom. The molecule has 0 spiro atoms. The van der Waals surface area contributed by atoms with Gasteiger partial charge in [0.2, 0.25) is 0 Å². The highest BCUT2D eigenvalue weighted by atomic mass is 79.9. The SMILES string of the molecule is N#Cc1ccccc1C(Br)c1ccccc1Cl. The van der Waals surface area contributed by atoms with E-state index in [2.05, 4.69) is 22.0 Å². The Morgan fingerprint density at radius 2 is 1.59 bits per heavy atom. The van der Waals surface area contributed by atoms with E-state index in [-0.39, 0.29) is 4.83 Å². The fraction of sp³-hybridized carbons (Fsp3) is 0.0714. The molecule has 0 aliphatic rings. The molecule has 2 aromatic carbocycles. The zero-order chi connectivity index (χ0) is 12.3. The first kappa shape index (κ1) is 12.2. The maximum atomic E-state index is 9.08. The normalized spacial score (nSPS) is 11.8. The Bertz CT molecular complexity index is 574. The summed E-state index contributed by atoms with van der Waals surface area (Å²) in [6, 6.07) is 17.3. The Hall–Kier alpha value is -1.30. The van der Waals surface area contributed by atoms with Crippen LogP contribution in [0.15, 0.2) is 48.5 Å². The average Bonchev–Trinajstić information content (AvgIpc) is 2.38. The van der Waals surface area contributed by atoms with E-state index in [1.54, 1.807) is 6.07 Å². The van der Waals surface area contributed by atoms with Crippen molar-refractivity contribution in [1.82, 2.24) is 0 Å². The zero-order valence-corrected chi connectivity index (χ0v) is 11.2. The summed E-state index contributed by atoms with van der Waals surface area (Å²) in [7, 11) is 0. The minimum atomic E-state index is -0.0629. The van der Waals surface area contributed by atoms with Crippen molar-refractivity contribution in [2.75, 3.05) is 0 Å². The molecule has 0 bridgehead atoms. The van der Waals surface area contributed by atoms with Crippen molar-refractivity contribution >= 4 is 27.5 Å². The molecule has 1 unspecified atom stereocenters. The van der Waals surface area contributed by atoms with Crippen molar-refractivity contribution in [2.24, 2.45) is 0 Å². The lowest BCUT2D eigenvalue weighted by molar-refractivity contribution is 1.16. The first-order valence-electron chi connectivity index (χ1n) is 5.11. The van der Waals surface area contributed by atoms with E-state index in [1.165, 1.54) is 0 Å². The van der Waals surface area contributed by atoms with Gasteiger partial charge in [0.25, 0.3) is 0 Å². The van der Waals surface area contributed by atoms with Crippen molar-refractivity contribution < 1.29 is 0 Å². The number of hydrogen-bond acceptors (Lipinski definition) is 1. The largest absolute Gasteiger partial charge is 0.192 e. The molecule has 0 saturated heterocycles. The molecule has 1 nitrogen and oxygen atoms in total. The van der Waals surface area contributed by atoms with E-state index in [0.29, 0.717) is 10.6 Å². The number of nitrogens with zero attached hydrogens (tertiary/aromatic N) is 1. The molecule has 0 aliphatic carbocycles. The molecule has 2 rings (SSSR count). The summed E-state index contributed by atoms with van der Waals surface area (Å²) in [6.07, 6.45) is 0. The van der Waals surface area contributed by atoms with Crippen molar-refractivity contribution in [3.05, 3.63) is 70.2 Å². The van der Waals surface area contributed by atoms with Gasteiger partial charge in [0.1, 0.15) is 0 Å². The summed E-state index contributed by atoms with van der Waals surface area (Å²) >= 11 is 9.75. The fourth-order valence-corrected chi connectivity index (χ4v) is 2.84. The zero-order valence-electron chi connectivity index (χ0n) is 8.90. The third kappa shape index (κ3) is 2.52. The molecule has 0 amide bonds. The second-order valence-electron chi connectivity index (χ2n) is 3.58. The Kier molecular flexibility index (Phi) is 3.83. The van der Waals surface area contributed by atoms with Gasteiger partial charge in [-0.05, 0) is 23.3 Å². The second kappa shape index (κ2) is 5.35. The molecular weight excluding hydrogens is 298 g/mol. The number of alkyl halides is 1. The van der Waals surface area contributed by atoms with Crippen LogP contribution in [0.1, 0.15) is 21.5 Å². The predicted molar refractivity (Wildman–Crippen MR) is 73.4 cm³/mol. The van der Waals surface area contributed by atoms with E-state index in [1.807, 2.05) is 42.5 Å². The standard InChI is InChI=1S/C14H9BrClN/c15-14(12-7-3-4-8-13(12)16)11-6-2-1-5-10(11)9-17/h1-8,14H. The average molecular weight is 307 g/mol. The van der Waals surface area contributed by atoms with Gasteiger partial charge in [0, 0.05) is 5.02 Å². The summed E-state index contributed by atoms with van der Waals surface area (Å²) in [4.78, 5) is -0.0629. The van der Waals surface area contributed by atoms with Crippen LogP contribution in [-0.4, -0.2) is 0 Å². The van der Waals surface area contributed by atoms with E-state index in [9.17, 15) is 0 Å². The summed E-state index contributed by atoms with van der Waals surface area (Å²) in [5.41, 5.74) is 2.56. The van der Waals surface area contributed by atoms with E-state index in [4.69, 9.17) is 16.9 Å². The molecule has 17 heavy (non-hydrogen) atoms. The van der Waals surface area contributed by atoms with Crippen LogP contribution >= 0.6 is 27.5 Å². The Labute approximate surface area is 114 Å². The van der Waals surface area contributed by atoms with E-state index >= 15 is 0 Å². The van der Waals surface area contributed by atoms with Crippen LogP contribution in [-0.2, 0) is 0 Å². The van der Waals surface area contributed by atoms with E-state index in [0.717, 1.165) is 11.1 Å². The van der Waals surface area contributed by atoms with Gasteiger partial charge in [-0.1, -0.05) is 63.9 Å². The molecule has 0 aliphatic heterocycles. The molecule has 0 fully saturated rings. The van der Waals surface area contributed by atoms with Crippen molar-refractivity contribution in [2.45, 2.75) is 4.83 Å². The first-order valence-corrected chi connectivity index (χ1v) is 6.41. The lowest BCUT2D eigenvalue weighted by Gasteiger charge is -2.13. The molecule has 0 aromatic heterocycles. The van der Waals surface area contributed by atoms with Gasteiger partial charge in [-0.3, -0.25) is 0 Å². The molecule has 84 valence electrons. The van der Waals surface area contributed by atoms with Crippen LogP contribution in [0.25, 0.3) is 0 Å². The molecule has 3 heteroatoms. The number of rotatable bonds is 2. The molecule has 0 heterocycles. The minimum absolute atomic E-state index is 0.0629.